The highest BCUT2D eigenvalue weighted by molar-refractivity contribution is 5.50. The molecule has 0 unspecified atom stereocenters. The molecule has 0 amide bonds. The molecule has 0 saturated carbocycles. The lowest BCUT2D eigenvalue weighted by atomic mass is 9.82. The molecule has 0 radical (unpaired) electrons. The maximum absolute atomic E-state index is 10.8. The highest BCUT2D eigenvalue weighted by Crippen LogP contribution is 2.25. The van der Waals surface area contributed by atoms with Crippen LogP contribution in [0.2, 0.25) is 0 Å². The second-order valence-electron chi connectivity index (χ2n) is 6.33. The Kier molecular flexibility index (Phi) is 7.02. The minimum absolute atomic E-state index is 0.0443. The number of carbonyl (C=O) groups is 1. The summed E-state index contributed by atoms with van der Waals surface area (Å²) in [6.07, 6.45) is 2.69. The summed E-state index contributed by atoms with van der Waals surface area (Å²) in [4.78, 5) is 10.8. The zero-order chi connectivity index (χ0) is 16.5. The fourth-order valence-corrected chi connectivity index (χ4v) is 3.03. The van der Waals surface area contributed by atoms with Crippen molar-refractivity contribution in [2.24, 2.45) is 11.8 Å². The largest absolute Gasteiger partial charge is 0.370 e. The summed E-state index contributed by atoms with van der Waals surface area (Å²) in [5.41, 5.74) is 2.57. The molecule has 2 aromatic carbocycles. The van der Waals surface area contributed by atoms with E-state index in [1.165, 1.54) is 11.1 Å². The van der Waals surface area contributed by atoms with Crippen molar-refractivity contribution in [1.82, 2.24) is 0 Å². The van der Waals surface area contributed by atoms with E-state index in [1.807, 2.05) is 24.3 Å². The van der Waals surface area contributed by atoms with E-state index in [4.69, 9.17) is 4.74 Å². The van der Waals surface area contributed by atoms with Crippen LogP contribution in [0, 0.1) is 11.8 Å². The van der Waals surface area contributed by atoms with Gasteiger partial charge in [-0.2, -0.15) is 0 Å². The van der Waals surface area contributed by atoms with E-state index in [2.05, 4.69) is 50.2 Å². The highest BCUT2D eigenvalue weighted by Gasteiger charge is 2.26. The van der Waals surface area contributed by atoms with Gasteiger partial charge in [0.15, 0.2) is 0 Å². The number of hydrogen-bond donors (Lipinski definition) is 0. The molecular formula is C21H26O2. The summed E-state index contributed by atoms with van der Waals surface area (Å²) in [6.45, 7) is 4.63. The van der Waals surface area contributed by atoms with E-state index >= 15 is 0 Å². The van der Waals surface area contributed by atoms with E-state index in [1.54, 1.807) is 0 Å². The summed E-state index contributed by atoms with van der Waals surface area (Å²) >= 11 is 0. The van der Waals surface area contributed by atoms with Crippen molar-refractivity contribution in [1.29, 1.82) is 0 Å². The van der Waals surface area contributed by atoms with Crippen molar-refractivity contribution < 1.29 is 9.53 Å². The van der Waals surface area contributed by atoms with Crippen molar-refractivity contribution in [3.63, 3.8) is 0 Å². The molecule has 0 fully saturated rings. The maximum Gasteiger partial charge on any atom is 0.145 e. The molecular weight excluding hydrogens is 284 g/mol. The van der Waals surface area contributed by atoms with Crippen LogP contribution in [0.3, 0.4) is 0 Å². The first kappa shape index (κ1) is 17.4. The van der Waals surface area contributed by atoms with Crippen LogP contribution < -0.4 is 0 Å². The van der Waals surface area contributed by atoms with Gasteiger partial charge in [0.2, 0.25) is 0 Å². The number of ether oxygens (including phenoxy) is 1. The van der Waals surface area contributed by atoms with Crippen LogP contribution in [0.5, 0.6) is 0 Å². The van der Waals surface area contributed by atoms with Gasteiger partial charge in [-0.05, 0) is 35.8 Å². The Balaban J connectivity index is 2.16. The van der Waals surface area contributed by atoms with Gasteiger partial charge >= 0.3 is 0 Å². The molecule has 2 atom stereocenters. The van der Waals surface area contributed by atoms with Crippen molar-refractivity contribution in [3.05, 3.63) is 71.8 Å². The smallest absolute Gasteiger partial charge is 0.145 e. The van der Waals surface area contributed by atoms with E-state index in [0.717, 1.165) is 19.1 Å². The Bertz CT molecular complexity index is 563. The Morgan fingerprint density at radius 1 is 0.870 bits per heavy atom. The normalized spacial score (nSPS) is 13.7. The van der Waals surface area contributed by atoms with Crippen molar-refractivity contribution in [3.8, 4) is 0 Å². The lowest BCUT2D eigenvalue weighted by Gasteiger charge is -2.30. The first-order chi connectivity index (χ1) is 11.2. The first-order valence-corrected chi connectivity index (χ1v) is 8.33. The van der Waals surface area contributed by atoms with Crippen LogP contribution in [0.1, 0.15) is 25.0 Å². The van der Waals surface area contributed by atoms with Crippen LogP contribution in [-0.2, 0) is 22.4 Å². The minimum Gasteiger partial charge on any atom is -0.370 e. The van der Waals surface area contributed by atoms with Gasteiger partial charge in [0.25, 0.3) is 0 Å². The summed E-state index contributed by atoms with van der Waals surface area (Å²) in [7, 11) is 0. The molecule has 122 valence electrons. The quantitative estimate of drug-likeness (QED) is 0.644. The monoisotopic (exact) mass is 310 g/mol. The molecule has 2 nitrogen and oxygen atoms in total. The van der Waals surface area contributed by atoms with Gasteiger partial charge in [0.05, 0.1) is 6.10 Å². The third-order valence-corrected chi connectivity index (χ3v) is 4.31. The van der Waals surface area contributed by atoms with Gasteiger partial charge in [-0.1, -0.05) is 74.5 Å². The Labute approximate surface area is 139 Å². The predicted molar refractivity (Wildman–Crippen MR) is 94.4 cm³/mol. The fourth-order valence-electron chi connectivity index (χ4n) is 3.03. The third-order valence-electron chi connectivity index (χ3n) is 4.31. The molecule has 0 bridgehead atoms. The zero-order valence-electron chi connectivity index (χ0n) is 14.0. The van der Waals surface area contributed by atoms with Crippen molar-refractivity contribution in [2.45, 2.75) is 32.8 Å². The number of aldehydes is 1. The third kappa shape index (κ3) is 5.65. The van der Waals surface area contributed by atoms with Crippen LogP contribution >= 0.6 is 0 Å². The van der Waals surface area contributed by atoms with Crippen LogP contribution in [0.25, 0.3) is 0 Å². The molecule has 0 N–H and O–H groups in total. The lowest BCUT2D eigenvalue weighted by Crippen LogP contribution is -2.32. The van der Waals surface area contributed by atoms with Crippen molar-refractivity contribution in [2.75, 3.05) is 6.61 Å². The SMILES string of the molecule is CC(C)[C@H](Cc1ccccc1)[C@@H](Cc1ccccc1)OCC=O. The van der Waals surface area contributed by atoms with Crippen LogP contribution in [0.4, 0.5) is 0 Å². The van der Waals surface area contributed by atoms with E-state index in [-0.39, 0.29) is 12.7 Å². The first-order valence-electron chi connectivity index (χ1n) is 8.33. The minimum atomic E-state index is 0.0443. The Hall–Kier alpha value is -1.93. The van der Waals surface area contributed by atoms with Crippen molar-refractivity contribution >= 4 is 6.29 Å². The molecule has 0 aliphatic heterocycles. The maximum atomic E-state index is 10.8. The average Bonchev–Trinajstić information content (AvgIpc) is 2.58. The number of rotatable bonds is 9. The summed E-state index contributed by atoms with van der Waals surface area (Å²) in [5, 5.41) is 0. The van der Waals surface area contributed by atoms with Gasteiger partial charge in [-0.15, -0.1) is 0 Å². The second kappa shape index (κ2) is 9.26. The fraction of sp³-hybridized carbons (Fsp3) is 0.381. The number of carbonyl (C=O) groups excluding carboxylic acids is 1. The lowest BCUT2D eigenvalue weighted by molar-refractivity contribution is -0.115. The molecule has 2 heteroatoms. The van der Waals surface area contributed by atoms with E-state index < -0.39 is 0 Å². The summed E-state index contributed by atoms with van der Waals surface area (Å²) < 4.78 is 5.92. The average molecular weight is 310 g/mol. The molecule has 2 rings (SSSR count). The summed E-state index contributed by atoms with van der Waals surface area (Å²) in [6, 6.07) is 20.9. The van der Waals surface area contributed by atoms with E-state index in [0.29, 0.717) is 11.8 Å². The molecule has 2 aromatic rings. The van der Waals surface area contributed by atoms with Gasteiger partial charge in [0.1, 0.15) is 12.9 Å². The number of hydrogen-bond acceptors (Lipinski definition) is 2. The van der Waals surface area contributed by atoms with Gasteiger partial charge in [-0.25, -0.2) is 0 Å². The molecule has 23 heavy (non-hydrogen) atoms. The van der Waals surface area contributed by atoms with Gasteiger partial charge in [0, 0.05) is 0 Å². The van der Waals surface area contributed by atoms with Gasteiger partial charge in [-0.3, -0.25) is 0 Å². The Morgan fingerprint density at radius 2 is 1.39 bits per heavy atom. The highest BCUT2D eigenvalue weighted by atomic mass is 16.5. The zero-order valence-corrected chi connectivity index (χ0v) is 14.0. The Morgan fingerprint density at radius 3 is 1.87 bits per heavy atom. The number of benzene rings is 2. The molecule has 0 spiro atoms. The molecule has 0 aliphatic carbocycles. The van der Waals surface area contributed by atoms with Crippen LogP contribution in [0.15, 0.2) is 60.7 Å². The standard InChI is InChI=1S/C21H26O2/c1-17(2)20(15-18-9-5-3-6-10-18)21(23-14-13-22)16-19-11-7-4-8-12-19/h3-13,17,20-21H,14-16H2,1-2H3/t20-,21+/m0/s1. The van der Waals surface area contributed by atoms with E-state index in [9.17, 15) is 4.79 Å². The summed E-state index contributed by atoms with van der Waals surface area (Å²) in [5.74, 6) is 0.855. The molecule has 0 saturated heterocycles. The molecule has 0 aromatic heterocycles. The molecule has 0 aliphatic rings. The van der Waals surface area contributed by atoms with Crippen LogP contribution in [-0.4, -0.2) is 19.0 Å². The topological polar surface area (TPSA) is 26.3 Å². The second-order valence-corrected chi connectivity index (χ2v) is 6.33. The van der Waals surface area contributed by atoms with Gasteiger partial charge < -0.3 is 9.53 Å². The predicted octanol–water partition coefficient (Wildman–Crippen LogP) is 4.33. The molecule has 0 heterocycles.